The van der Waals surface area contributed by atoms with Crippen LogP contribution < -0.4 is 9.88 Å². The Morgan fingerprint density at radius 2 is 2.04 bits per heavy atom. The lowest BCUT2D eigenvalue weighted by atomic mass is 10.2. The number of H-pyrrole nitrogens is 2. The van der Waals surface area contributed by atoms with E-state index >= 15 is 0 Å². The highest BCUT2D eigenvalue weighted by Crippen LogP contribution is 2.29. The molecule has 0 bridgehead atoms. The summed E-state index contributed by atoms with van der Waals surface area (Å²) in [5.74, 6) is 2.11. The molecule has 2 aromatic heterocycles. The monoisotopic (exact) mass is 322 g/mol. The molecule has 3 heterocycles. The Hall–Kier alpha value is -2.40. The van der Waals surface area contributed by atoms with Crippen LogP contribution in [0.15, 0.2) is 36.4 Å². The van der Waals surface area contributed by atoms with Gasteiger partial charge in [-0.05, 0) is 26.1 Å². The normalized spacial score (nSPS) is 18.0. The molecule has 3 aromatic rings. The Balaban J connectivity index is 1.77. The number of hydrogen-bond donors (Lipinski definition) is 1. The maximum absolute atomic E-state index is 4.68. The van der Waals surface area contributed by atoms with Gasteiger partial charge in [-0.1, -0.05) is 30.3 Å². The minimum Gasteiger partial charge on any atom is -0.347 e. The second kappa shape index (κ2) is 5.91. The lowest BCUT2D eigenvalue weighted by molar-refractivity contribution is -0.377. The van der Waals surface area contributed by atoms with Gasteiger partial charge in [-0.25, -0.2) is 4.98 Å². The largest absolute Gasteiger partial charge is 0.347 e. The maximum atomic E-state index is 4.68. The molecular weight excluding hydrogens is 298 g/mol. The summed E-state index contributed by atoms with van der Waals surface area (Å²) in [5.41, 5.74) is 4.42. The number of aryl methyl sites for hydroxylation is 1. The Bertz CT molecular complexity index is 853. The molecule has 4 rings (SSSR count). The molecule has 5 heteroatoms. The molecule has 0 amide bonds. The molecule has 0 spiro atoms. The van der Waals surface area contributed by atoms with Crippen molar-refractivity contribution >= 4 is 16.9 Å². The second-order valence-electron chi connectivity index (χ2n) is 6.83. The Labute approximate surface area is 142 Å². The second-order valence-corrected chi connectivity index (χ2v) is 6.83. The molecule has 0 unspecified atom stereocenters. The van der Waals surface area contributed by atoms with Gasteiger partial charge in [-0.3, -0.25) is 4.90 Å². The van der Waals surface area contributed by atoms with E-state index in [1.165, 1.54) is 12.0 Å². The van der Waals surface area contributed by atoms with Crippen molar-refractivity contribution in [3.05, 3.63) is 42.2 Å². The molecule has 1 aliphatic heterocycles. The molecule has 1 aliphatic rings. The van der Waals surface area contributed by atoms with Crippen LogP contribution in [-0.4, -0.2) is 48.1 Å². The summed E-state index contributed by atoms with van der Waals surface area (Å²) >= 11 is 0. The van der Waals surface area contributed by atoms with E-state index in [9.17, 15) is 0 Å². The van der Waals surface area contributed by atoms with E-state index in [4.69, 9.17) is 0 Å². The molecule has 1 saturated heterocycles. The van der Waals surface area contributed by atoms with Crippen LogP contribution in [0.1, 0.15) is 12.2 Å². The topological polar surface area (TPSA) is 49.3 Å². The average molecular weight is 322 g/mol. The summed E-state index contributed by atoms with van der Waals surface area (Å²) in [7, 11) is 4.32. The fourth-order valence-electron chi connectivity index (χ4n) is 3.53. The van der Waals surface area contributed by atoms with Crippen LogP contribution in [0, 0.1) is 6.92 Å². The third-order valence-corrected chi connectivity index (χ3v) is 4.92. The zero-order valence-corrected chi connectivity index (χ0v) is 14.5. The Kier molecular flexibility index (Phi) is 3.73. The van der Waals surface area contributed by atoms with Gasteiger partial charge in [0.1, 0.15) is 0 Å². The molecule has 0 saturated carbocycles. The molecular formula is C19H24N5+. The molecule has 2 N–H and O–H groups in total. The van der Waals surface area contributed by atoms with E-state index < -0.39 is 0 Å². The van der Waals surface area contributed by atoms with Crippen LogP contribution in [0.25, 0.3) is 22.3 Å². The summed E-state index contributed by atoms with van der Waals surface area (Å²) in [4.78, 5) is 16.5. The first kappa shape index (κ1) is 15.1. The van der Waals surface area contributed by atoms with Crippen LogP contribution in [0.5, 0.6) is 0 Å². The van der Waals surface area contributed by atoms with Crippen molar-refractivity contribution in [2.75, 3.05) is 32.1 Å². The van der Waals surface area contributed by atoms with E-state index in [1.807, 2.05) is 13.0 Å². The van der Waals surface area contributed by atoms with E-state index in [1.54, 1.807) is 0 Å². The van der Waals surface area contributed by atoms with Crippen molar-refractivity contribution in [1.82, 2.24) is 14.9 Å². The molecule has 0 radical (unpaired) electrons. The van der Waals surface area contributed by atoms with E-state index in [-0.39, 0.29) is 0 Å². The third-order valence-electron chi connectivity index (χ3n) is 4.92. The van der Waals surface area contributed by atoms with Crippen molar-refractivity contribution in [3.63, 3.8) is 0 Å². The van der Waals surface area contributed by atoms with E-state index in [0.717, 1.165) is 41.5 Å². The summed E-state index contributed by atoms with van der Waals surface area (Å²) in [6.45, 7) is 4.14. The van der Waals surface area contributed by atoms with Crippen molar-refractivity contribution in [1.29, 1.82) is 0 Å². The van der Waals surface area contributed by atoms with Gasteiger partial charge >= 0.3 is 0 Å². The standard InChI is InChI=1S/C19H23N5/c1-13-20-17-11-16(14-7-5-4-6-8-14)22-18(17)19(21-13)24-10-9-15(12-24)23(2)3/h4-8,11,15,22H,9-10,12H2,1-3H3/p+1/t15-/m1/s1. The predicted octanol–water partition coefficient (Wildman–Crippen LogP) is 2.49. The first-order valence-electron chi connectivity index (χ1n) is 8.51. The number of anilines is 1. The summed E-state index contributed by atoms with van der Waals surface area (Å²) in [6.07, 6.45) is 1.19. The van der Waals surface area contributed by atoms with Crippen molar-refractivity contribution < 1.29 is 4.98 Å². The number of likely N-dealkylation sites (N-methyl/N-ethyl adjacent to an activating group) is 1. The smallest absolute Gasteiger partial charge is 0.249 e. The summed E-state index contributed by atoms with van der Waals surface area (Å²) in [5, 5.41) is 0. The zero-order valence-electron chi connectivity index (χ0n) is 14.5. The number of nitrogens with one attached hydrogen (secondary N) is 2. The average Bonchev–Trinajstić information content (AvgIpc) is 3.22. The van der Waals surface area contributed by atoms with Crippen molar-refractivity contribution in [3.8, 4) is 11.3 Å². The van der Waals surface area contributed by atoms with Crippen molar-refractivity contribution in [2.24, 2.45) is 0 Å². The minimum absolute atomic E-state index is 0.602. The van der Waals surface area contributed by atoms with Crippen LogP contribution in [-0.2, 0) is 0 Å². The third kappa shape index (κ3) is 2.65. The molecule has 1 fully saturated rings. The number of nitrogens with zero attached hydrogens (tertiary/aromatic N) is 3. The van der Waals surface area contributed by atoms with Gasteiger partial charge in [0, 0.05) is 24.7 Å². The maximum Gasteiger partial charge on any atom is 0.249 e. The van der Waals surface area contributed by atoms with Gasteiger partial charge < -0.3 is 9.88 Å². The van der Waals surface area contributed by atoms with Gasteiger partial charge in [0.25, 0.3) is 0 Å². The highest BCUT2D eigenvalue weighted by atomic mass is 15.3. The van der Waals surface area contributed by atoms with E-state index in [2.05, 4.69) is 69.2 Å². The van der Waals surface area contributed by atoms with E-state index in [0.29, 0.717) is 6.04 Å². The quantitative estimate of drug-likeness (QED) is 0.806. The number of benzene rings is 1. The number of hydrogen-bond acceptors (Lipinski definition) is 3. The Morgan fingerprint density at radius 1 is 1.25 bits per heavy atom. The highest BCUT2D eigenvalue weighted by molar-refractivity contribution is 5.89. The van der Waals surface area contributed by atoms with Crippen LogP contribution >= 0.6 is 0 Å². The van der Waals surface area contributed by atoms with Crippen LogP contribution in [0.4, 0.5) is 5.82 Å². The highest BCUT2D eigenvalue weighted by Gasteiger charge is 2.31. The SMILES string of the molecule is Cc1nc2cc(-c3ccccc3)[nH]c2c(N2CC[C@@H](N(C)C)C2)[nH+]1. The van der Waals surface area contributed by atoms with Crippen LogP contribution in [0.3, 0.4) is 0 Å². The Morgan fingerprint density at radius 3 is 2.75 bits per heavy atom. The summed E-state index contributed by atoms with van der Waals surface area (Å²) < 4.78 is 0. The van der Waals surface area contributed by atoms with Gasteiger partial charge in [-0.15, -0.1) is 4.98 Å². The number of fused-ring (bicyclic) bond motifs is 1. The zero-order chi connectivity index (χ0) is 16.7. The van der Waals surface area contributed by atoms with Gasteiger partial charge in [-0.2, -0.15) is 0 Å². The van der Waals surface area contributed by atoms with Crippen LogP contribution in [0.2, 0.25) is 0 Å². The molecule has 124 valence electrons. The van der Waals surface area contributed by atoms with Gasteiger partial charge in [0.15, 0.2) is 11.0 Å². The fraction of sp³-hybridized carbons (Fsp3) is 0.368. The lowest BCUT2D eigenvalue weighted by Crippen LogP contribution is -2.34. The molecule has 24 heavy (non-hydrogen) atoms. The first-order valence-corrected chi connectivity index (χ1v) is 8.51. The first-order chi connectivity index (χ1) is 11.6. The molecule has 0 aliphatic carbocycles. The molecule has 1 atom stereocenters. The number of aromatic nitrogens is 3. The molecule has 5 nitrogen and oxygen atoms in total. The van der Waals surface area contributed by atoms with Gasteiger partial charge in [0.05, 0.1) is 13.1 Å². The van der Waals surface area contributed by atoms with Gasteiger partial charge in [0.2, 0.25) is 11.6 Å². The minimum atomic E-state index is 0.602. The fourth-order valence-corrected chi connectivity index (χ4v) is 3.53. The molecule has 1 aromatic carbocycles. The summed E-state index contributed by atoms with van der Waals surface area (Å²) in [6, 6.07) is 13.2. The van der Waals surface area contributed by atoms with Crippen molar-refractivity contribution in [2.45, 2.75) is 19.4 Å². The lowest BCUT2D eigenvalue weighted by Gasteiger charge is -2.18. The predicted molar refractivity (Wildman–Crippen MR) is 97.1 cm³/mol. The number of rotatable bonds is 3. The number of aromatic amines is 2.